The zero-order chi connectivity index (χ0) is 11.4. The summed E-state index contributed by atoms with van der Waals surface area (Å²) in [6, 6.07) is 5.63. The highest BCUT2D eigenvalue weighted by Gasteiger charge is 2.23. The van der Waals surface area contributed by atoms with E-state index in [4.69, 9.17) is 0 Å². The number of halogens is 2. The van der Waals surface area contributed by atoms with Crippen LogP contribution in [0, 0.1) is 5.92 Å². The van der Waals surface area contributed by atoms with Crippen molar-refractivity contribution in [2.45, 2.75) is 19.4 Å². The minimum absolute atomic E-state index is 0. The van der Waals surface area contributed by atoms with Gasteiger partial charge in [-0.15, -0.1) is 24.8 Å². The maximum atomic E-state index is 11.9. The van der Waals surface area contributed by atoms with Crippen molar-refractivity contribution < 1.29 is 4.79 Å². The fourth-order valence-corrected chi connectivity index (χ4v) is 1.97. The van der Waals surface area contributed by atoms with Crippen molar-refractivity contribution in [3.05, 3.63) is 30.1 Å². The zero-order valence-corrected chi connectivity index (χ0v) is 11.9. The molecule has 1 amide bonds. The monoisotopic (exact) mass is 291 g/mol. The number of pyridine rings is 1. The molecule has 2 heterocycles. The molecule has 1 aromatic heterocycles. The van der Waals surface area contributed by atoms with Gasteiger partial charge in [-0.3, -0.25) is 9.78 Å². The highest BCUT2D eigenvalue weighted by atomic mass is 35.5. The lowest BCUT2D eigenvalue weighted by molar-refractivity contribution is 0.0909. The first kappa shape index (κ1) is 17.2. The van der Waals surface area contributed by atoms with Crippen LogP contribution in [0.1, 0.15) is 23.8 Å². The number of aromatic nitrogens is 1. The molecule has 0 spiro atoms. The summed E-state index contributed by atoms with van der Waals surface area (Å²) in [6.45, 7) is 4.08. The summed E-state index contributed by atoms with van der Waals surface area (Å²) in [5.41, 5.74) is 0.494. The van der Waals surface area contributed by atoms with Gasteiger partial charge in [0.15, 0.2) is 0 Å². The second-order valence-corrected chi connectivity index (χ2v) is 4.27. The Hall–Kier alpha value is -0.840. The average molecular weight is 292 g/mol. The van der Waals surface area contributed by atoms with Crippen LogP contribution in [0.15, 0.2) is 24.4 Å². The highest BCUT2D eigenvalue weighted by Crippen LogP contribution is 2.10. The first-order valence-electron chi connectivity index (χ1n) is 5.70. The molecule has 4 nitrogen and oxygen atoms in total. The molecule has 0 saturated carbocycles. The molecule has 0 radical (unpaired) electrons. The maximum absolute atomic E-state index is 11.9. The Morgan fingerprint density at radius 3 is 2.83 bits per heavy atom. The second-order valence-electron chi connectivity index (χ2n) is 4.27. The standard InChI is InChI=1S/C12H17N3O.2ClH/c1-9-8-13-7-5-10(9)15-12(16)11-4-2-3-6-14-11;;/h2-4,6,9-10,13H,5,7-8H2,1H3,(H,15,16);2*1H. The predicted molar refractivity (Wildman–Crippen MR) is 76.6 cm³/mol. The van der Waals surface area contributed by atoms with Crippen molar-refractivity contribution in [2.24, 2.45) is 5.92 Å². The van der Waals surface area contributed by atoms with E-state index >= 15 is 0 Å². The Bertz CT molecular complexity index is 362. The van der Waals surface area contributed by atoms with Crippen LogP contribution in [0.5, 0.6) is 0 Å². The van der Waals surface area contributed by atoms with E-state index in [2.05, 4.69) is 22.5 Å². The highest BCUT2D eigenvalue weighted by molar-refractivity contribution is 5.92. The minimum Gasteiger partial charge on any atom is -0.348 e. The van der Waals surface area contributed by atoms with Gasteiger partial charge in [-0.1, -0.05) is 13.0 Å². The lowest BCUT2D eigenvalue weighted by Crippen LogP contribution is -2.48. The van der Waals surface area contributed by atoms with Gasteiger partial charge >= 0.3 is 0 Å². The molecule has 2 N–H and O–H groups in total. The Labute approximate surface area is 120 Å². The molecule has 0 aliphatic carbocycles. The topological polar surface area (TPSA) is 54.0 Å². The average Bonchev–Trinajstić information content (AvgIpc) is 2.33. The van der Waals surface area contributed by atoms with Crippen LogP contribution >= 0.6 is 24.8 Å². The molecular weight excluding hydrogens is 273 g/mol. The number of nitrogens with one attached hydrogen (secondary N) is 2. The fraction of sp³-hybridized carbons (Fsp3) is 0.500. The fourth-order valence-electron chi connectivity index (χ4n) is 1.97. The number of hydrogen-bond donors (Lipinski definition) is 2. The normalized spacial score (nSPS) is 22.3. The molecule has 1 aromatic rings. The minimum atomic E-state index is -0.0700. The molecule has 6 heteroatoms. The lowest BCUT2D eigenvalue weighted by atomic mass is 9.95. The van der Waals surface area contributed by atoms with E-state index < -0.39 is 0 Å². The van der Waals surface area contributed by atoms with Crippen LogP contribution in [0.25, 0.3) is 0 Å². The quantitative estimate of drug-likeness (QED) is 0.871. The van der Waals surface area contributed by atoms with E-state index in [-0.39, 0.29) is 36.8 Å². The molecular formula is C12H19Cl2N3O. The summed E-state index contributed by atoms with van der Waals surface area (Å²) < 4.78 is 0. The SMILES string of the molecule is CC1CNCCC1NC(=O)c1ccccn1.Cl.Cl. The van der Waals surface area contributed by atoms with E-state index in [9.17, 15) is 4.79 Å². The number of amides is 1. The Morgan fingerprint density at radius 1 is 1.44 bits per heavy atom. The Morgan fingerprint density at radius 2 is 2.22 bits per heavy atom. The summed E-state index contributed by atoms with van der Waals surface area (Å²) in [5, 5.41) is 6.35. The molecule has 2 unspecified atom stereocenters. The Balaban J connectivity index is 0.00000144. The summed E-state index contributed by atoms with van der Waals surface area (Å²) >= 11 is 0. The van der Waals surface area contributed by atoms with Crippen LogP contribution in [-0.4, -0.2) is 30.0 Å². The third kappa shape index (κ3) is 4.44. The largest absolute Gasteiger partial charge is 0.348 e. The van der Waals surface area contributed by atoms with Crippen LogP contribution in [0.4, 0.5) is 0 Å². The van der Waals surface area contributed by atoms with Gasteiger partial charge in [0.25, 0.3) is 5.91 Å². The predicted octanol–water partition coefficient (Wildman–Crippen LogP) is 1.65. The number of hydrogen-bond acceptors (Lipinski definition) is 3. The molecule has 1 fully saturated rings. The number of carbonyl (C=O) groups is 1. The van der Waals surface area contributed by atoms with Crippen LogP contribution in [0.3, 0.4) is 0 Å². The van der Waals surface area contributed by atoms with Gasteiger partial charge in [-0.25, -0.2) is 0 Å². The molecule has 0 bridgehead atoms. The van der Waals surface area contributed by atoms with Crippen molar-refractivity contribution in [1.82, 2.24) is 15.6 Å². The summed E-state index contributed by atoms with van der Waals surface area (Å²) in [5.74, 6) is 0.403. The van der Waals surface area contributed by atoms with E-state index in [0.29, 0.717) is 11.6 Å². The first-order valence-corrected chi connectivity index (χ1v) is 5.70. The molecule has 1 aliphatic heterocycles. The van der Waals surface area contributed by atoms with E-state index in [1.807, 2.05) is 12.1 Å². The van der Waals surface area contributed by atoms with Gasteiger partial charge in [0, 0.05) is 12.2 Å². The van der Waals surface area contributed by atoms with Crippen molar-refractivity contribution in [1.29, 1.82) is 0 Å². The van der Waals surface area contributed by atoms with E-state index in [0.717, 1.165) is 19.5 Å². The lowest BCUT2D eigenvalue weighted by Gasteiger charge is -2.30. The van der Waals surface area contributed by atoms with Gasteiger partial charge in [-0.05, 0) is 37.6 Å². The molecule has 0 aromatic carbocycles. The van der Waals surface area contributed by atoms with Crippen LogP contribution in [0.2, 0.25) is 0 Å². The van der Waals surface area contributed by atoms with Gasteiger partial charge in [0.1, 0.15) is 5.69 Å². The van der Waals surface area contributed by atoms with Crippen molar-refractivity contribution in [3.8, 4) is 0 Å². The molecule has 2 atom stereocenters. The molecule has 1 saturated heterocycles. The van der Waals surface area contributed by atoms with Crippen LogP contribution < -0.4 is 10.6 Å². The number of nitrogens with zero attached hydrogens (tertiary/aromatic N) is 1. The van der Waals surface area contributed by atoms with E-state index in [1.54, 1.807) is 12.3 Å². The third-order valence-electron chi connectivity index (χ3n) is 3.00. The molecule has 18 heavy (non-hydrogen) atoms. The van der Waals surface area contributed by atoms with Crippen molar-refractivity contribution >= 4 is 30.7 Å². The summed E-state index contributed by atoms with van der Waals surface area (Å²) in [4.78, 5) is 15.9. The van der Waals surface area contributed by atoms with Gasteiger partial charge < -0.3 is 10.6 Å². The number of carbonyl (C=O) groups excluding carboxylic acids is 1. The van der Waals surface area contributed by atoms with Gasteiger partial charge in [0.05, 0.1) is 0 Å². The molecule has 1 aliphatic rings. The smallest absolute Gasteiger partial charge is 0.270 e. The maximum Gasteiger partial charge on any atom is 0.270 e. The number of piperidine rings is 1. The first-order chi connectivity index (χ1) is 7.77. The van der Waals surface area contributed by atoms with Gasteiger partial charge in [-0.2, -0.15) is 0 Å². The number of rotatable bonds is 2. The van der Waals surface area contributed by atoms with Crippen molar-refractivity contribution in [3.63, 3.8) is 0 Å². The second kappa shape index (κ2) is 8.29. The van der Waals surface area contributed by atoms with Crippen molar-refractivity contribution in [2.75, 3.05) is 13.1 Å². The van der Waals surface area contributed by atoms with Gasteiger partial charge in [0.2, 0.25) is 0 Å². The molecule has 102 valence electrons. The summed E-state index contributed by atoms with van der Waals surface area (Å²) in [7, 11) is 0. The molecule has 2 rings (SSSR count). The third-order valence-corrected chi connectivity index (χ3v) is 3.00. The van der Waals surface area contributed by atoms with Crippen LogP contribution in [-0.2, 0) is 0 Å². The Kier molecular flexibility index (Phi) is 7.91. The zero-order valence-electron chi connectivity index (χ0n) is 10.3. The van der Waals surface area contributed by atoms with E-state index in [1.165, 1.54) is 0 Å². The summed E-state index contributed by atoms with van der Waals surface area (Å²) in [6.07, 6.45) is 2.63.